The Balaban J connectivity index is 1.66. The van der Waals surface area contributed by atoms with Crippen molar-refractivity contribution in [3.05, 3.63) is 100 Å². The Morgan fingerprint density at radius 1 is 0.970 bits per heavy atom. The second-order valence-corrected chi connectivity index (χ2v) is 7.57. The largest absolute Gasteiger partial charge is 0.497 e. The lowest BCUT2D eigenvalue weighted by Crippen LogP contribution is -2.16. The molecule has 0 atom stereocenters. The Bertz CT molecular complexity index is 1610. The minimum Gasteiger partial charge on any atom is -0.497 e. The van der Waals surface area contributed by atoms with Gasteiger partial charge >= 0.3 is 5.63 Å². The number of methoxy groups -OCH3 is 1. The highest BCUT2D eigenvalue weighted by atomic mass is 16.5. The van der Waals surface area contributed by atoms with Gasteiger partial charge in [0, 0.05) is 16.5 Å². The number of para-hydroxylation sites is 1. The smallest absolute Gasteiger partial charge is 0.347 e. The van der Waals surface area contributed by atoms with Gasteiger partial charge in [-0.25, -0.2) is 9.78 Å². The van der Waals surface area contributed by atoms with Gasteiger partial charge in [-0.3, -0.25) is 14.0 Å². The van der Waals surface area contributed by atoms with Gasteiger partial charge in [0.2, 0.25) is 5.78 Å². The van der Waals surface area contributed by atoms with Gasteiger partial charge in [0.15, 0.2) is 5.78 Å². The molecule has 0 aliphatic rings. The molecule has 0 saturated carbocycles. The Morgan fingerprint density at radius 2 is 1.73 bits per heavy atom. The molecule has 0 fully saturated rings. The standard InChI is InChI=1S/C26H18N2O5/c1-15(29)19-12-23(25(30)20-11-17-5-3-4-6-24(17)33-26(20)31)28-14-27-21(13-22(19)28)16-7-9-18(32-2)10-8-16/h3-14H,1-2H3. The summed E-state index contributed by atoms with van der Waals surface area (Å²) in [7, 11) is 1.59. The molecule has 5 aromatic rings. The van der Waals surface area contributed by atoms with Crippen LogP contribution >= 0.6 is 0 Å². The maximum Gasteiger partial charge on any atom is 0.347 e. The monoisotopic (exact) mass is 438 g/mol. The van der Waals surface area contributed by atoms with Gasteiger partial charge in [-0.2, -0.15) is 0 Å². The van der Waals surface area contributed by atoms with Crippen LogP contribution in [0.4, 0.5) is 0 Å². The van der Waals surface area contributed by atoms with Crippen molar-refractivity contribution >= 4 is 28.1 Å². The van der Waals surface area contributed by atoms with Crippen molar-refractivity contribution in [2.24, 2.45) is 0 Å². The Labute approximate surface area is 187 Å². The van der Waals surface area contributed by atoms with E-state index in [1.807, 2.05) is 24.3 Å². The third kappa shape index (κ3) is 3.49. The summed E-state index contributed by atoms with van der Waals surface area (Å²) >= 11 is 0. The van der Waals surface area contributed by atoms with E-state index < -0.39 is 11.4 Å². The summed E-state index contributed by atoms with van der Waals surface area (Å²) < 4.78 is 12.0. The molecule has 7 nitrogen and oxygen atoms in total. The molecule has 0 N–H and O–H groups in total. The summed E-state index contributed by atoms with van der Waals surface area (Å²) in [4.78, 5) is 42.7. The van der Waals surface area contributed by atoms with Crippen LogP contribution in [0.1, 0.15) is 33.3 Å². The van der Waals surface area contributed by atoms with Crippen LogP contribution in [-0.4, -0.2) is 28.1 Å². The van der Waals surface area contributed by atoms with Gasteiger partial charge in [0.05, 0.1) is 24.0 Å². The van der Waals surface area contributed by atoms with Gasteiger partial charge in [0.25, 0.3) is 0 Å². The molecule has 162 valence electrons. The topological polar surface area (TPSA) is 90.9 Å². The molecule has 0 bridgehead atoms. The molecule has 0 radical (unpaired) electrons. The van der Waals surface area contributed by atoms with Crippen molar-refractivity contribution in [1.82, 2.24) is 9.38 Å². The first-order valence-electron chi connectivity index (χ1n) is 10.2. The van der Waals surface area contributed by atoms with Crippen LogP contribution in [0.2, 0.25) is 0 Å². The van der Waals surface area contributed by atoms with E-state index in [0.29, 0.717) is 33.5 Å². The number of carbonyl (C=O) groups is 2. The number of ketones is 2. The lowest BCUT2D eigenvalue weighted by molar-refractivity contribution is 0.101. The SMILES string of the molecule is COc1ccc(-c2cc3c(C(C)=O)cc(C(=O)c4cc5ccccc5oc4=O)n3cn2)cc1. The van der Waals surface area contributed by atoms with Crippen molar-refractivity contribution < 1.29 is 18.7 Å². The Kier molecular flexibility index (Phi) is 4.86. The quantitative estimate of drug-likeness (QED) is 0.295. The van der Waals surface area contributed by atoms with E-state index in [9.17, 15) is 14.4 Å². The van der Waals surface area contributed by atoms with Crippen molar-refractivity contribution in [3.63, 3.8) is 0 Å². The zero-order valence-corrected chi connectivity index (χ0v) is 17.9. The second-order valence-electron chi connectivity index (χ2n) is 7.57. The third-order valence-corrected chi connectivity index (χ3v) is 5.55. The van der Waals surface area contributed by atoms with Crippen molar-refractivity contribution in [3.8, 4) is 17.0 Å². The molecule has 33 heavy (non-hydrogen) atoms. The first-order valence-corrected chi connectivity index (χ1v) is 10.2. The van der Waals surface area contributed by atoms with Gasteiger partial charge in [-0.15, -0.1) is 0 Å². The third-order valence-electron chi connectivity index (χ3n) is 5.55. The van der Waals surface area contributed by atoms with Crippen LogP contribution in [0.15, 0.2) is 82.3 Å². The number of fused-ring (bicyclic) bond motifs is 2. The number of ether oxygens (including phenoxy) is 1. The first kappa shape index (κ1) is 20.4. The first-order chi connectivity index (χ1) is 16.0. The predicted octanol–water partition coefficient (Wildman–Crippen LogP) is 4.55. The summed E-state index contributed by atoms with van der Waals surface area (Å²) in [5.74, 6) is -0.0333. The van der Waals surface area contributed by atoms with Crippen LogP contribution in [-0.2, 0) is 0 Å². The highest BCUT2D eigenvalue weighted by Crippen LogP contribution is 2.26. The molecule has 0 aliphatic heterocycles. The highest BCUT2D eigenvalue weighted by molar-refractivity contribution is 6.12. The lowest BCUT2D eigenvalue weighted by Gasteiger charge is -2.06. The molecule has 0 aliphatic carbocycles. The molecule has 7 heteroatoms. The minimum atomic E-state index is -0.735. The van der Waals surface area contributed by atoms with Crippen LogP contribution in [0.25, 0.3) is 27.7 Å². The number of nitrogens with zero attached hydrogens (tertiary/aromatic N) is 2. The molecule has 3 heterocycles. The second kappa shape index (κ2) is 7.87. The number of carbonyl (C=O) groups excluding carboxylic acids is 2. The van der Waals surface area contributed by atoms with Crippen molar-refractivity contribution in [2.75, 3.05) is 7.11 Å². The van der Waals surface area contributed by atoms with E-state index in [4.69, 9.17) is 9.15 Å². The Hall–Kier alpha value is -4.52. The maximum atomic E-state index is 13.4. The average molecular weight is 438 g/mol. The highest BCUT2D eigenvalue weighted by Gasteiger charge is 2.23. The van der Waals surface area contributed by atoms with Gasteiger partial charge in [0.1, 0.15) is 23.2 Å². The fraction of sp³-hybridized carbons (Fsp3) is 0.0769. The fourth-order valence-corrected chi connectivity index (χ4v) is 3.83. The minimum absolute atomic E-state index is 0.109. The summed E-state index contributed by atoms with van der Waals surface area (Å²) in [6.45, 7) is 1.43. The molecule has 0 unspecified atom stereocenters. The van der Waals surface area contributed by atoms with Gasteiger partial charge in [-0.1, -0.05) is 18.2 Å². The molecular formula is C26H18N2O5. The normalized spacial score (nSPS) is 11.1. The lowest BCUT2D eigenvalue weighted by atomic mass is 10.1. The molecular weight excluding hydrogens is 420 g/mol. The molecule has 2 aromatic carbocycles. The van der Waals surface area contributed by atoms with E-state index in [1.165, 1.54) is 29.8 Å². The van der Waals surface area contributed by atoms with E-state index in [1.54, 1.807) is 37.4 Å². The molecule has 5 rings (SSSR count). The van der Waals surface area contributed by atoms with E-state index in [0.717, 1.165) is 5.56 Å². The van der Waals surface area contributed by atoms with Crippen molar-refractivity contribution in [2.45, 2.75) is 6.92 Å². The predicted molar refractivity (Wildman–Crippen MR) is 123 cm³/mol. The van der Waals surface area contributed by atoms with Crippen LogP contribution < -0.4 is 10.4 Å². The van der Waals surface area contributed by atoms with E-state index >= 15 is 0 Å². The van der Waals surface area contributed by atoms with Crippen LogP contribution in [0.3, 0.4) is 0 Å². The summed E-state index contributed by atoms with van der Waals surface area (Å²) in [6.07, 6.45) is 1.48. The van der Waals surface area contributed by atoms with E-state index in [-0.39, 0.29) is 17.0 Å². The molecule has 3 aromatic heterocycles. The van der Waals surface area contributed by atoms with Gasteiger partial charge in [-0.05, 0) is 55.5 Å². The van der Waals surface area contributed by atoms with Crippen molar-refractivity contribution in [1.29, 1.82) is 0 Å². The average Bonchev–Trinajstić information content (AvgIpc) is 3.22. The van der Waals surface area contributed by atoms with Gasteiger partial charge < -0.3 is 9.15 Å². The number of hydrogen-bond acceptors (Lipinski definition) is 6. The summed E-state index contributed by atoms with van der Waals surface area (Å²) in [5.41, 5.74) is 2.06. The molecule has 0 amide bonds. The number of benzene rings is 2. The fourth-order valence-electron chi connectivity index (χ4n) is 3.83. The van der Waals surface area contributed by atoms with E-state index in [2.05, 4.69) is 4.98 Å². The Morgan fingerprint density at radius 3 is 2.45 bits per heavy atom. The van der Waals surface area contributed by atoms with Crippen LogP contribution in [0.5, 0.6) is 5.75 Å². The summed E-state index contributed by atoms with van der Waals surface area (Å²) in [5, 5.41) is 0.632. The van der Waals surface area contributed by atoms with Crippen LogP contribution in [0, 0.1) is 0 Å². The molecule has 0 spiro atoms. The maximum absolute atomic E-state index is 13.4. The number of rotatable bonds is 5. The number of aromatic nitrogens is 2. The zero-order chi connectivity index (χ0) is 23.1. The number of hydrogen-bond donors (Lipinski definition) is 0. The summed E-state index contributed by atoms with van der Waals surface area (Å²) in [6, 6.07) is 19.1. The zero-order valence-electron chi connectivity index (χ0n) is 17.9. The molecule has 0 saturated heterocycles. The number of Topliss-reactive ketones (excluding diaryl/α,β-unsaturated/α-hetero) is 1.